The number of urea groups is 1. The molecular weight excluding hydrogens is 338 g/mol. The second kappa shape index (κ2) is 9.40. The summed E-state index contributed by atoms with van der Waals surface area (Å²) in [5, 5.41) is 3.19. The van der Waals surface area contributed by atoms with Crippen molar-refractivity contribution in [2.24, 2.45) is 11.8 Å². The van der Waals surface area contributed by atoms with Gasteiger partial charge in [-0.05, 0) is 50.3 Å². The minimum Gasteiger partial charge on any atom is -0.370 e. The van der Waals surface area contributed by atoms with E-state index < -0.39 is 0 Å². The van der Waals surface area contributed by atoms with E-state index in [-0.39, 0.29) is 6.03 Å². The Hall–Kier alpha value is -1.82. The molecule has 1 N–H and O–H groups in total. The number of carbonyl (C=O) groups excluding carboxylic acids is 1. The summed E-state index contributed by atoms with van der Waals surface area (Å²) in [5.41, 5.74) is 2.25. The van der Waals surface area contributed by atoms with Gasteiger partial charge in [0, 0.05) is 63.4 Å². The Morgan fingerprint density at radius 1 is 1.26 bits per heavy atom. The molecule has 0 saturated carbocycles. The van der Waals surface area contributed by atoms with Crippen molar-refractivity contribution in [1.82, 2.24) is 20.1 Å². The third-order valence-electron chi connectivity index (χ3n) is 5.56. The zero-order valence-electron chi connectivity index (χ0n) is 17.2. The molecule has 3 rings (SSSR count). The van der Waals surface area contributed by atoms with Gasteiger partial charge in [-0.3, -0.25) is 4.98 Å². The normalized spacial score (nSPS) is 21.6. The van der Waals surface area contributed by atoms with Crippen LogP contribution in [-0.2, 0) is 0 Å². The lowest BCUT2D eigenvalue weighted by Gasteiger charge is -2.24. The molecule has 2 amide bonds. The fourth-order valence-corrected chi connectivity index (χ4v) is 4.21. The molecule has 2 fully saturated rings. The smallest absolute Gasteiger partial charge is 0.317 e. The highest BCUT2D eigenvalue weighted by atomic mass is 16.2. The number of pyridine rings is 1. The Bertz CT molecular complexity index is 620. The highest BCUT2D eigenvalue weighted by molar-refractivity contribution is 5.74. The number of carbonyl (C=O) groups is 1. The van der Waals surface area contributed by atoms with E-state index in [0.29, 0.717) is 11.8 Å². The molecule has 6 nitrogen and oxygen atoms in total. The summed E-state index contributed by atoms with van der Waals surface area (Å²) in [4.78, 5) is 23.8. The third kappa shape index (κ3) is 5.83. The Morgan fingerprint density at radius 2 is 2.11 bits per heavy atom. The average Bonchev–Trinajstić information content (AvgIpc) is 2.92. The first-order chi connectivity index (χ1) is 13.0. The molecule has 0 unspecified atom stereocenters. The van der Waals surface area contributed by atoms with Crippen molar-refractivity contribution >= 4 is 11.7 Å². The van der Waals surface area contributed by atoms with Gasteiger partial charge in [0.1, 0.15) is 0 Å². The maximum Gasteiger partial charge on any atom is 0.317 e. The molecule has 0 aromatic carbocycles. The number of nitrogens with zero attached hydrogens (tertiary/aromatic N) is 4. The van der Waals surface area contributed by atoms with Crippen LogP contribution in [0.3, 0.4) is 0 Å². The van der Waals surface area contributed by atoms with Crippen molar-refractivity contribution in [2.45, 2.75) is 33.6 Å². The second-order valence-electron chi connectivity index (χ2n) is 8.48. The first-order valence-corrected chi connectivity index (χ1v) is 10.4. The van der Waals surface area contributed by atoms with Crippen LogP contribution in [0.25, 0.3) is 0 Å². The topological polar surface area (TPSA) is 51.7 Å². The lowest BCUT2D eigenvalue weighted by atomic mass is 10.1. The first kappa shape index (κ1) is 19.9. The lowest BCUT2D eigenvalue weighted by Crippen LogP contribution is -2.44. The fourth-order valence-electron chi connectivity index (χ4n) is 4.21. The van der Waals surface area contributed by atoms with Gasteiger partial charge in [-0.25, -0.2) is 4.79 Å². The molecule has 2 saturated heterocycles. The molecule has 0 radical (unpaired) electrons. The quantitative estimate of drug-likeness (QED) is 0.862. The van der Waals surface area contributed by atoms with Crippen LogP contribution in [0.1, 0.15) is 32.4 Å². The molecule has 27 heavy (non-hydrogen) atoms. The maximum atomic E-state index is 12.6. The van der Waals surface area contributed by atoms with E-state index in [4.69, 9.17) is 0 Å². The summed E-state index contributed by atoms with van der Waals surface area (Å²) in [7, 11) is 0. The average molecular weight is 374 g/mol. The Labute approximate surface area is 163 Å². The van der Waals surface area contributed by atoms with E-state index in [0.717, 1.165) is 51.4 Å². The van der Waals surface area contributed by atoms with Gasteiger partial charge in [-0.15, -0.1) is 0 Å². The number of anilines is 1. The SMILES string of the molecule is Cc1cc(N2CCCN(C(=O)NC[C@@H]3CCN(CC(C)C)C3)CC2)ccn1. The Morgan fingerprint density at radius 3 is 2.89 bits per heavy atom. The number of hydrogen-bond acceptors (Lipinski definition) is 4. The molecule has 2 aliphatic rings. The molecule has 150 valence electrons. The molecule has 1 aromatic rings. The molecule has 1 atom stereocenters. The molecule has 6 heteroatoms. The number of aromatic nitrogens is 1. The minimum absolute atomic E-state index is 0.102. The number of rotatable bonds is 5. The second-order valence-corrected chi connectivity index (χ2v) is 8.48. The van der Waals surface area contributed by atoms with Crippen LogP contribution >= 0.6 is 0 Å². The van der Waals surface area contributed by atoms with Crippen LogP contribution in [0.2, 0.25) is 0 Å². The summed E-state index contributed by atoms with van der Waals surface area (Å²) >= 11 is 0. The lowest BCUT2D eigenvalue weighted by molar-refractivity contribution is 0.199. The summed E-state index contributed by atoms with van der Waals surface area (Å²) < 4.78 is 0. The van der Waals surface area contributed by atoms with E-state index in [2.05, 4.69) is 46.1 Å². The zero-order chi connectivity index (χ0) is 19.2. The van der Waals surface area contributed by atoms with Crippen LogP contribution in [0.5, 0.6) is 0 Å². The molecule has 3 heterocycles. The van der Waals surface area contributed by atoms with Gasteiger partial charge in [0.2, 0.25) is 0 Å². The molecule has 1 aromatic heterocycles. The highest BCUT2D eigenvalue weighted by Crippen LogP contribution is 2.18. The van der Waals surface area contributed by atoms with Crippen molar-refractivity contribution in [3.63, 3.8) is 0 Å². The number of hydrogen-bond donors (Lipinski definition) is 1. The third-order valence-corrected chi connectivity index (χ3v) is 5.56. The number of aryl methyl sites for hydroxylation is 1. The van der Waals surface area contributed by atoms with E-state index >= 15 is 0 Å². The van der Waals surface area contributed by atoms with Gasteiger partial charge in [0.25, 0.3) is 0 Å². The van der Waals surface area contributed by atoms with Gasteiger partial charge < -0.3 is 20.0 Å². The van der Waals surface area contributed by atoms with Crippen LogP contribution < -0.4 is 10.2 Å². The van der Waals surface area contributed by atoms with E-state index in [1.54, 1.807) is 0 Å². The summed E-state index contributed by atoms with van der Waals surface area (Å²) in [6, 6.07) is 4.29. The Kier molecular flexibility index (Phi) is 6.94. The van der Waals surface area contributed by atoms with Gasteiger partial charge >= 0.3 is 6.03 Å². The van der Waals surface area contributed by atoms with E-state index in [1.165, 1.54) is 25.2 Å². The predicted molar refractivity (Wildman–Crippen MR) is 110 cm³/mol. The maximum absolute atomic E-state index is 12.6. The molecule has 0 aliphatic carbocycles. The van der Waals surface area contributed by atoms with Gasteiger partial charge in [0.05, 0.1) is 0 Å². The minimum atomic E-state index is 0.102. The predicted octanol–water partition coefficient (Wildman–Crippen LogP) is 2.59. The van der Waals surface area contributed by atoms with Gasteiger partial charge in [-0.1, -0.05) is 13.8 Å². The van der Waals surface area contributed by atoms with E-state index in [1.807, 2.05) is 18.0 Å². The summed E-state index contributed by atoms with van der Waals surface area (Å²) in [5.74, 6) is 1.30. The van der Waals surface area contributed by atoms with Crippen LogP contribution in [0.15, 0.2) is 18.3 Å². The van der Waals surface area contributed by atoms with Gasteiger partial charge in [0.15, 0.2) is 0 Å². The van der Waals surface area contributed by atoms with Crippen LogP contribution in [-0.4, -0.2) is 73.2 Å². The van der Waals surface area contributed by atoms with Crippen molar-refractivity contribution in [3.8, 4) is 0 Å². The Balaban J connectivity index is 1.43. The molecule has 0 spiro atoms. The first-order valence-electron chi connectivity index (χ1n) is 10.4. The summed E-state index contributed by atoms with van der Waals surface area (Å²) in [6.45, 7) is 14.3. The van der Waals surface area contributed by atoms with Crippen molar-refractivity contribution < 1.29 is 4.79 Å². The largest absolute Gasteiger partial charge is 0.370 e. The summed E-state index contributed by atoms with van der Waals surface area (Å²) in [6.07, 6.45) is 4.06. The van der Waals surface area contributed by atoms with Crippen LogP contribution in [0, 0.1) is 18.8 Å². The number of amides is 2. The van der Waals surface area contributed by atoms with Crippen molar-refractivity contribution in [1.29, 1.82) is 0 Å². The van der Waals surface area contributed by atoms with Crippen molar-refractivity contribution in [3.05, 3.63) is 24.0 Å². The van der Waals surface area contributed by atoms with Crippen LogP contribution in [0.4, 0.5) is 10.5 Å². The molecule has 2 aliphatic heterocycles. The van der Waals surface area contributed by atoms with Crippen molar-refractivity contribution in [2.75, 3.05) is 57.3 Å². The number of nitrogens with one attached hydrogen (secondary N) is 1. The zero-order valence-corrected chi connectivity index (χ0v) is 17.2. The van der Waals surface area contributed by atoms with E-state index in [9.17, 15) is 4.79 Å². The molecule has 0 bridgehead atoms. The standard InChI is InChI=1S/C21H35N5O/c1-17(2)15-24-10-6-19(16-24)14-23-21(27)26-9-4-8-25(11-12-26)20-5-7-22-18(3)13-20/h5,7,13,17,19H,4,6,8-12,14-16H2,1-3H3,(H,23,27)/t19-/m0/s1. The van der Waals surface area contributed by atoms with Gasteiger partial charge in [-0.2, -0.15) is 0 Å². The highest BCUT2D eigenvalue weighted by Gasteiger charge is 2.25. The monoisotopic (exact) mass is 373 g/mol. The fraction of sp³-hybridized carbons (Fsp3) is 0.714. The number of likely N-dealkylation sites (tertiary alicyclic amines) is 1. The molecular formula is C21H35N5O.